The molecule has 20 heavy (non-hydrogen) atoms. The fourth-order valence-electron chi connectivity index (χ4n) is 2.17. The Bertz CT molecular complexity index is 569. The predicted octanol–water partition coefficient (Wildman–Crippen LogP) is 0.367. The number of piperazine rings is 1. The third-order valence-corrected chi connectivity index (χ3v) is 5.97. The number of nitrogens with zero attached hydrogens (tertiary/aromatic N) is 1. The molecule has 7 heteroatoms. The van der Waals surface area contributed by atoms with Crippen molar-refractivity contribution in [1.82, 2.24) is 4.31 Å². The van der Waals surface area contributed by atoms with E-state index in [-0.39, 0.29) is 0 Å². The zero-order valence-electron chi connectivity index (χ0n) is 11.7. The number of halogens is 1. The Labute approximate surface area is 128 Å². The molecule has 1 fully saturated rings. The molecule has 2 rings (SSSR count). The van der Waals surface area contributed by atoms with Crippen LogP contribution in [0.25, 0.3) is 0 Å². The van der Waals surface area contributed by atoms with Gasteiger partial charge in [-0.05, 0) is 35.0 Å². The molecule has 0 amide bonds. The fraction of sp³-hybridized carbons (Fsp3) is 0.538. The molecule has 1 N–H and O–H groups in total. The van der Waals surface area contributed by atoms with Crippen LogP contribution in [0, 0.1) is 0 Å². The quantitative estimate of drug-likeness (QED) is 0.840. The highest BCUT2D eigenvalue weighted by Crippen LogP contribution is 2.29. The van der Waals surface area contributed by atoms with Crippen LogP contribution in [0.5, 0.6) is 5.75 Å². The molecule has 1 aliphatic rings. The number of nitrogens with one attached hydrogen (secondary N) is 1. The van der Waals surface area contributed by atoms with Crippen molar-refractivity contribution in [1.29, 1.82) is 0 Å². The summed E-state index contributed by atoms with van der Waals surface area (Å²) in [5, 5.41) is 0. The van der Waals surface area contributed by atoms with Crippen molar-refractivity contribution >= 4 is 26.0 Å². The topological polar surface area (TPSA) is 51.1 Å². The monoisotopic (exact) mass is 363 g/mol. The third kappa shape index (κ3) is 3.33. The van der Waals surface area contributed by atoms with E-state index in [1.54, 1.807) is 22.5 Å². The van der Waals surface area contributed by atoms with Gasteiger partial charge in [0.1, 0.15) is 5.75 Å². The molecular weight excluding hydrogens is 344 g/mol. The Hall–Kier alpha value is -0.630. The molecule has 0 spiro atoms. The maximum absolute atomic E-state index is 12.6. The van der Waals surface area contributed by atoms with E-state index in [1.165, 1.54) is 4.90 Å². The van der Waals surface area contributed by atoms with E-state index in [0.29, 0.717) is 30.3 Å². The fourth-order valence-corrected chi connectivity index (χ4v) is 3.99. The highest BCUT2D eigenvalue weighted by molar-refractivity contribution is 9.10. The smallest absolute Gasteiger partial charge is 0.243 e. The summed E-state index contributed by atoms with van der Waals surface area (Å²) >= 11 is 3.37. The zero-order chi connectivity index (χ0) is 14.8. The minimum atomic E-state index is -3.42. The van der Waals surface area contributed by atoms with E-state index in [0.717, 1.165) is 17.6 Å². The molecular formula is C13H20BrN2O3S+. The van der Waals surface area contributed by atoms with Gasteiger partial charge in [0.05, 0.1) is 49.2 Å². The molecule has 1 saturated heterocycles. The number of likely N-dealkylation sites (N-methyl/N-ethyl adjacent to an activating group) is 1. The molecule has 1 heterocycles. The summed E-state index contributed by atoms with van der Waals surface area (Å²) in [5.41, 5.74) is 0. The minimum absolute atomic E-state index is 0.295. The van der Waals surface area contributed by atoms with Gasteiger partial charge in [-0.15, -0.1) is 0 Å². The molecule has 0 bridgehead atoms. The van der Waals surface area contributed by atoms with Gasteiger partial charge in [0.25, 0.3) is 0 Å². The van der Waals surface area contributed by atoms with Crippen LogP contribution in [0.15, 0.2) is 27.6 Å². The van der Waals surface area contributed by atoms with Crippen molar-refractivity contribution in [2.75, 3.05) is 39.8 Å². The van der Waals surface area contributed by atoms with E-state index in [9.17, 15) is 8.42 Å². The summed E-state index contributed by atoms with van der Waals surface area (Å²) in [6.07, 6.45) is 0. The summed E-state index contributed by atoms with van der Waals surface area (Å²) in [4.78, 5) is 1.66. The van der Waals surface area contributed by atoms with Crippen LogP contribution in [-0.4, -0.2) is 52.6 Å². The SMILES string of the molecule is CCOc1cc(S(=O)(=O)N2CC[NH+](C)CC2)ccc1Br. The average molecular weight is 364 g/mol. The Kier molecular flexibility index (Phi) is 5.06. The van der Waals surface area contributed by atoms with E-state index in [4.69, 9.17) is 4.74 Å². The third-order valence-electron chi connectivity index (χ3n) is 3.42. The molecule has 0 radical (unpaired) electrons. The van der Waals surface area contributed by atoms with Crippen LogP contribution in [0.4, 0.5) is 0 Å². The van der Waals surface area contributed by atoms with Crippen LogP contribution in [0.3, 0.4) is 0 Å². The molecule has 1 aromatic carbocycles. The van der Waals surface area contributed by atoms with Gasteiger partial charge in [-0.1, -0.05) is 0 Å². The highest BCUT2D eigenvalue weighted by Gasteiger charge is 2.29. The summed E-state index contributed by atoms with van der Waals surface area (Å²) in [5.74, 6) is 0.563. The lowest BCUT2D eigenvalue weighted by Crippen LogP contribution is -3.12. The predicted molar refractivity (Wildman–Crippen MR) is 80.7 cm³/mol. The van der Waals surface area contributed by atoms with Crippen LogP contribution in [-0.2, 0) is 10.0 Å². The number of ether oxygens (including phenoxy) is 1. The van der Waals surface area contributed by atoms with Gasteiger partial charge >= 0.3 is 0 Å². The maximum atomic E-state index is 12.6. The van der Waals surface area contributed by atoms with E-state index >= 15 is 0 Å². The largest absolute Gasteiger partial charge is 0.493 e. The van der Waals surface area contributed by atoms with Crippen molar-refractivity contribution in [2.45, 2.75) is 11.8 Å². The molecule has 0 aliphatic carbocycles. The number of hydrogen-bond donors (Lipinski definition) is 1. The standard InChI is InChI=1S/C13H19BrN2O3S/c1-3-19-13-10-11(4-5-12(13)14)20(17,18)16-8-6-15(2)7-9-16/h4-5,10H,3,6-9H2,1-2H3/p+1. The molecule has 0 saturated carbocycles. The van der Waals surface area contributed by atoms with Crippen LogP contribution in [0.1, 0.15) is 6.92 Å². The maximum Gasteiger partial charge on any atom is 0.243 e. The van der Waals surface area contributed by atoms with Crippen molar-refractivity contribution in [3.63, 3.8) is 0 Å². The van der Waals surface area contributed by atoms with E-state index in [2.05, 4.69) is 23.0 Å². The zero-order valence-corrected chi connectivity index (χ0v) is 14.1. The first-order valence-electron chi connectivity index (χ1n) is 6.69. The Balaban J connectivity index is 2.27. The summed E-state index contributed by atoms with van der Waals surface area (Å²) in [7, 11) is -1.34. The lowest BCUT2D eigenvalue weighted by atomic mass is 10.3. The second-order valence-corrected chi connectivity index (χ2v) is 7.68. The van der Waals surface area contributed by atoms with Gasteiger partial charge in [0, 0.05) is 6.07 Å². The first kappa shape index (κ1) is 15.8. The highest BCUT2D eigenvalue weighted by atomic mass is 79.9. The second-order valence-electron chi connectivity index (χ2n) is 4.89. The summed E-state index contributed by atoms with van der Waals surface area (Å²) in [6.45, 7) is 5.18. The van der Waals surface area contributed by atoms with Crippen molar-refractivity contribution in [3.05, 3.63) is 22.7 Å². The number of quaternary nitrogens is 1. The first-order chi connectivity index (χ1) is 9.45. The lowest BCUT2D eigenvalue weighted by molar-refractivity contribution is -0.883. The molecule has 1 aliphatic heterocycles. The van der Waals surface area contributed by atoms with Gasteiger partial charge in [0.2, 0.25) is 10.0 Å². The van der Waals surface area contributed by atoms with E-state index in [1.807, 2.05) is 6.92 Å². The number of hydrogen-bond acceptors (Lipinski definition) is 3. The number of sulfonamides is 1. The molecule has 1 aromatic rings. The van der Waals surface area contributed by atoms with Gasteiger partial charge in [-0.25, -0.2) is 8.42 Å². The summed E-state index contributed by atoms with van der Waals surface area (Å²) in [6, 6.07) is 4.93. The van der Waals surface area contributed by atoms with Crippen molar-refractivity contribution in [3.8, 4) is 5.75 Å². The summed E-state index contributed by atoms with van der Waals surface area (Å²) < 4.78 is 33.0. The Morgan fingerprint density at radius 2 is 2.00 bits per heavy atom. The molecule has 112 valence electrons. The number of benzene rings is 1. The lowest BCUT2D eigenvalue weighted by Gasteiger charge is -2.29. The van der Waals surface area contributed by atoms with Crippen LogP contribution in [0.2, 0.25) is 0 Å². The Morgan fingerprint density at radius 1 is 1.35 bits per heavy atom. The normalized spacial score (nSPS) is 18.1. The molecule has 5 nitrogen and oxygen atoms in total. The van der Waals surface area contributed by atoms with Gasteiger partial charge < -0.3 is 9.64 Å². The van der Waals surface area contributed by atoms with Crippen LogP contribution < -0.4 is 9.64 Å². The number of rotatable bonds is 4. The van der Waals surface area contributed by atoms with E-state index < -0.39 is 10.0 Å². The molecule has 0 aromatic heterocycles. The Morgan fingerprint density at radius 3 is 2.60 bits per heavy atom. The second kappa shape index (κ2) is 6.43. The average Bonchev–Trinajstić information content (AvgIpc) is 2.42. The molecule has 0 atom stereocenters. The van der Waals surface area contributed by atoms with Gasteiger partial charge in [-0.3, -0.25) is 0 Å². The first-order valence-corrected chi connectivity index (χ1v) is 8.92. The van der Waals surface area contributed by atoms with Crippen molar-refractivity contribution in [2.24, 2.45) is 0 Å². The van der Waals surface area contributed by atoms with Gasteiger partial charge in [0.15, 0.2) is 0 Å². The minimum Gasteiger partial charge on any atom is -0.493 e. The van der Waals surface area contributed by atoms with Crippen LogP contribution >= 0.6 is 15.9 Å². The van der Waals surface area contributed by atoms with Gasteiger partial charge in [-0.2, -0.15) is 4.31 Å². The molecule has 0 unspecified atom stereocenters. The van der Waals surface area contributed by atoms with Crippen molar-refractivity contribution < 1.29 is 18.1 Å².